The van der Waals surface area contributed by atoms with E-state index in [9.17, 15) is 14.4 Å². The Hall–Kier alpha value is -2.44. The van der Waals surface area contributed by atoms with Gasteiger partial charge < -0.3 is 44.0 Å². The first kappa shape index (κ1) is 29.6. The standard InChI is InChI=1S/C20H42N8O4/c1-14(27-18(31)15(22)13-29)17(30)28-16(9-8-12-26-20(23)24)19(32)25-11-7-5-3-2-4-6-10-21/h14-16,29H,2-13,21-22H2,1H3,(H,25,32)(H,27,31)(H,28,30)(H4,23,24,26)/t14-,15+,16-/m0/s1. The van der Waals surface area contributed by atoms with Gasteiger partial charge in [-0.1, -0.05) is 25.7 Å². The maximum Gasteiger partial charge on any atom is 0.242 e. The van der Waals surface area contributed by atoms with Crippen LogP contribution in [0, 0.1) is 0 Å². The van der Waals surface area contributed by atoms with Gasteiger partial charge in [-0.05, 0) is 39.2 Å². The summed E-state index contributed by atoms with van der Waals surface area (Å²) in [6.45, 7) is 2.47. The molecule has 12 N–H and O–H groups in total. The van der Waals surface area contributed by atoms with Gasteiger partial charge in [-0.25, -0.2) is 0 Å². The van der Waals surface area contributed by atoms with E-state index in [1.165, 1.54) is 6.92 Å². The smallest absolute Gasteiger partial charge is 0.242 e. The number of amides is 3. The zero-order chi connectivity index (χ0) is 24.4. The van der Waals surface area contributed by atoms with Crippen LogP contribution >= 0.6 is 0 Å². The number of carbonyl (C=O) groups is 3. The summed E-state index contributed by atoms with van der Waals surface area (Å²) < 4.78 is 0. The molecule has 0 aliphatic carbocycles. The molecule has 3 atom stereocenters. The van der Waals surface area contributed by atoms with Gasteiger partial charge in [0.1, 0.15) is 18.1 Å². The second-order valence-electron chi connectivity index (χ2n) is 7.73. The number of nitrogens with one attached hydrogen (secondary N) is 3. The Morgan fingerprint density at radius 2 is 1.53 bits per heavy atom. The molecule has 0 unspecified atom stereocenters. The van der Waals surface area contributed by atoms with E-state index < -0.39 is 36.5 Å². The Morgan fingerprint density at radius 1 is 0.906 bits per heavy atom. The van der Waals surface area contributed by atoms with E-state index in [-0.39, 0.29) is 11.9 Å². The van der Waals surface area contributed by atoms with Gasteiger partial charge in [0, 0.05) is 13.1 Å². The van der Waals surface area contributed by atoms with Crippen molar-refractivity contribution in [2.24, 2.45) is 27.9 Å². The number of rotatable bonds is 18. The molecule has 32 heavy (non-hydrogen) atoms. The monoisotopic (exact) mass is 458 g/mol. The van der Waals surface area contributed by atoms with Gasteiger partial charge in [-0.2, -0.15) is 0 Å². The molecule has 12 nitrogen and oxygen atoms in total. The first-order valence-corrected chi connectivity index (χ1v) is 11.2. The molecule has 0 aliphatic rings. The highest BCUT2D eigenvalue weighted by molar-refractivity contribution is 5.92. The normalized spacial score (nSPS) is 13.5. The molecule has 0 bridgehead atoms. The Labute approximate surface area is 190 Å². The fraction of sp³-hybridized carbons (Fsp3) is 0.800. The van der Waals surface area contributed by atoms with Crippen molar-refractivity contribution in [3.8, 4) is 0 Å². The summed E-state index contributed by atoms with van der Waals surface area (Å²) >= 11 is 0. The lowest BCUT2D eigenvalue weighted by atomic mass is 10.1. The lowest BCUT2D eigenvalue weighted by Gasteiger charge is -2.22. The van der Waals surface area contributed by atoms with Crippen molar-refractivity contribution in [2.75, 3.05) is 26.2 Å². The molecule has 0 fully saturated rings. The van der Waals surface area contributed by atoms with E-state index in [4.69, 9.17) is 28.0 Å². The van der Waals surface area contributed by atoms with E-state index in [0.29, 0.717) is 32.5 Å². The van der Waals surface area contributed by atoms with Gasteiger partial charge in [0.05, 0.1) is 6.61 Å². The molecule has 0 aromatic heterocycles. The van der Waals surface area contributed by atoms with E-state index in [0.717, 1.165) is 38.5 Å². The number of aliphatic hydroxyl groups excluding tert-OH is 1. The van der Waals surface area contributed by atoms with E-state index >= 15 is 0 Å². The summed E-state index contributed by atoms with van der Waals surface area (Å²) in [7, 11) is 0. The van der Waals surface area contributed by atoms with Gasteiger partial charge in [0.15, 0.2) is 5.96 Å². The fourth-order valence-corrected chi connectivity index (χ4v) is 2.85. The fourth-order valence-electron chi connectivity index (χ4n) is 2.85. The van der Waals surface area contributed by atoms with E-state index in [2.05, 4.69) is 20.9 Å². The third-order valence-electron chi connectivity index (χ3n) is 4.79. The first-order chi connectivity index (χ1) is 15.2. The number of nitrogens with zero attached hydrogens (tertiary/aromatic N) is 1. The summed E-state index contributed by atoms with van der Waals surface area (Å²) in [6, 6.07) is -2.85. The van der Waals surface area contributed by atoms with Crippen LogP contribution in [0.15, 0.2) is 4.99 Å². The number of aliphatic hydroxyl groups is 1. The van der Waals surface area contributed by atoms with Crippen molar-refractivity contribution in [1.82, 2.24) is 16.0 Å². The Balaban J connectivity index is 4.64. The summed E-state index contributed by atoms with van der Waals surface area (Å²) in [5, 5.41) is 16.8. The molecule has 0 aromatic carbocycles. The second-order valence-corrected chi connectivity index (χ2v) is 7.73. The van der Waals surface area contributed by atoms with Crippen LogP contribution < -0.4 is 38.9 Å². The SMILES string of the molecule is C[C@H](NC(=O)[C@H](N)CO)C(=O)N[C@@H](CCCN=C(N)N)C(=O)NCCCCCCCCN. The zero-order valence-corrected chi connectivity index (χ0v) is 19.1. The molecule has 0 radical (unpaired) electrons. The van der Waals surface area contributed by atoms with Crippen LogP contribution in [0.5, 0.6) is 0 Å². The molecule has 3 amide bonds. The molecule has 0 aliphatic heterocycles. The van der Waals surface area contributed by atoms with Crippen LogP contribution in [0.3, 0.4) is 0 Å². The molecular weight excluding hydrogens is 416 g/mol. The van der Waals surface area contributed by atoms with Crippen LogP contribution in [0.25, 0.3) is 0 Å². The quantitative estimate of drug-likeness (QED) is 0.0635. The maximum atomic E-state index is 12.6. The van der Waals surface area contributed by atoms with Gasteiger partial charge in [0.2, 0.25) is 17.7 Å². The molecule has 0 saturated heterocycles. The van der Waals surface area contributed by atoms with Crippen LogP contribution in [0.4, 0.5) is 0 Å². The predicted octanol–water partition coefficient (Wildman–Crippen LogP) is -2.24. The van der Waals surface area contributed by atoms with Crippen molar-refractivity contribution in [1.29, 1.82) is 0 Å². The minimum Gasteiger partial charge on any atom is -0.394 e. The average molecular weight is 459 g/mol. The van der Waals surface area contributed by atoms with E-state index in [1.807, 2.05) is 0 Å². The minimum absolute atomic E-state index is 0.0435. The van der Waals surface area contributed by atoms with Crippen LogP contribution in [-0.2, 0) is 14.4 Å². The second kappa shape index (κ2) is 18.2. The lowest BCUT2D eigenvalue weighted by Crippen LogP contribution is -2.55. The molecule has 12 heteroatoms. The predicted molar refractivity (Wildman–Crippen MR) is 124 cm³/mol. The zero-order valence-electron chi connectivity index (χ0n) is 19.1. The van der Waals surface area contributed by atoms with Crippen LogP contribution in [0.2, 0.25) is 0 Å². The van der Waals surface area contributed by atoms with Gasteiger partial charge in [-0.15, -0.1) is 0 Å². The topological polar surface area (TPSA) is 224 Å². The van der Waals surface area contributed by atoms with E-state index in [1.54, 1.807) is 0 Å². The van der Waals surface area contributed by atoms with Crippen molar-refractivity contribution >= 4 is 23.7 Å². The van der Waals surface area contributed by atoms with Crippen LogP contribution in [-0.4, -0.2) is 73.2 Å². The number of unbranched alkanes of at least 4 members (excludes halogenated alkanes) is 5. The molecule has 0 heterocycles. The highest BCUT2D eigenvalue weighted by Gasteiger charge is 2.25. The number of nitrogens with two attached hydrogens (primary N) is 4. The number of hydrogen-bond donors (Lipinski definition) is 8. The summed E-state index contributed by atoms with van der Waals surface area (Å²) in [4.78, 5) is 40.7. The number of hydrogen-bond acceptors (Lipinski definition) is 7. The van der Waals surface area contributed by atoms with Crippen molar-refractivity contribution in [3.05, 3.63) is 0 Å². The van der Waals surface area contributed by atoms with Crippen molar-refractivity contribution in [3.63, 3.8) is 0 Å². The maximum absolute atomic E-state index is 12.6. The highest BCUT2D eigenvalue weighted by atomic mass is 16.3. The van der Waals surface area contributed by atoms with Gasteiger partial charge in [-0.3, -0.25) is 19.4 Å². The number of guanidine groups is 1. The average Bonchev–Trinajstić information content (AvgIpc) is 2.76. The molecule has 0 spiro atoms. The first-order valence-electron chi connectivity index (χ1n) is 11.2. The molecule has 0 aromatic rings. The Morgan fingerprint density at radius 3 is 2.12 bits per heavy atom. The number of carbonyl (C=O) groups excluding carboxylic acids is 3. The van der Waals surface area contributed by atoms with Gasteiger partial charge in [0.25, 0.3) is 0 Å². The third kappa shape index (κ3) is 14.5. The summed E-state index contributed by atoms with van der Waals surface area (Å²) in [5.41, 5.74) is 21.5. The molecular formula is C20H42N8O4. The molecule has 0 rings (SSSR count). The number of aliphatic imine (C=N–C) groups is 1. The molecule has 186 valence electrons. The van der Waals surface area contributed by atoms with Crippen LogP contribution in [0.1, 0.15) is 58.3 Å². The largest absolute Gasteiger partial charge is 0.394 e. The third-order valence-corrected chi connectivity index (χ3v) is 4.79. The Bertz CT molecular complexity index is 584. The van der Waals surface area contributed by atoms with Gasteiger partial charge >= 0.3 is 0 Å². The highest BCUT2D eigenvalue weighted by Crippen LogP contribution is 2.05. The van der Waals surface area contributed by atoms with Crippen molar-refractivity contribution < 1.29 is 19.5 Å². The summed E-state index contributed by atoms with van der Waals surface area (Å²) in [6.07, 6.45) is 7.00. The van der Waals surface area contributed by atoms with Crippen molar-refractivity contribution in [2.45, 2.75) is 76.4 Å². The Kier molecular flexibility index (Phi) is 16.8. The lowest BCUT2D eigenvalue weighted by molar-refractivity contribution is -0.132. The summed E-state index contributed by atoms with van der Waals surface area (Å²) in [5.74, 6) is -1.55. The molecule has 0 saturated carbocycles. The minimum atomic E-state index is -1.13.